The molecule has 2 aromatic carbocycles. The van der Waals surface area contributed by atoms with Crippen LogP contribution in [0.3, 0.4) is 0 Å². The number of nitrogens with zero attached hydrogens (tertiary/aromatic N) is 3. The van der Waals surface area contributed by atoms with Gasteiger partial charge in [0, 0.05) is 25.6 Å². The Hall–Kier alpha value is -3.22. The molecular weight excluding hydrogens is 383 g/mol. The summed E-state index contributed by atoms with van der Waals surface area (Å²) in [5.41, 5.74) is 2.93. The number of nitrogens with one attached hydrogen (secondary N) is 1. The van der Waals surface area contributed by atoms with Gasteiger partial charge in [0.05, 0.1) is 11.8 Å². The average Bonchev–Trinajstić information content (AvgIpc) is 3.18. The molecule has 0 saturated heterocycles. The van der Waals surface area contributed by atoms with E-state index in [-0.39, 0.29) is 30.3 Å². The van der Waals surface area contributed by atoms with Crippen LogP contribution < -0.4 is 5.32 Å². The first-order chi connectivity index (χ1) is 14.4. The second-order valence-electron chi connectivity index (χ2n) is 7.48. The van der Waals surface area contributed by atoms with Crippen LogP contribution in [0.15, 0.2) is 53.6 Å². The molecule has 1 atom stereocenters. The highest BCUT2D eigenvalue weighted by atomic mass is 19.1. The van der Waals surface area contributed by atoms with E-state index in [0.29, 0.717) is 24.2 Å². The standard InChI is InChI=1S/C23H27FN4O2/c1-4-13-25-23(30)27(3)15-22(29)28-21(17-11-9-16(2)10-12-17)14-20(26-28)18-7-5-6-8-19(18)24/h5-12,21H,4,13-15H2,1-3H3,(H,25,30)/t21-/m1/s1. The molecule has 7 heteroatoms. The molecule has 0 aromatic heterocycles. The fraction of sp³-hybridized carbons (Fsp3) is 0.348. The molecule has 0 fully saturated rings. The number of carbonyl (C=O) groups excluding carboxylic acids is 2. The van der Waals surface area contributed by atoms with E-state index in [1.54, 1.807) is 25.2 Å². The van der Waals surface area contributed by atoms with Crippen LogP contribution in [0.25, 0.3) is 0 Å². The highest BCUT2D eigenvalue weighted by Gasteiger charge is 2.34. The van der Waals surface area contributed by atoms with Crippen LogP contribution in [0, 0.1) is 12.7 Å². The summed E-state index contributed by atoms with van der Waals surface area (Å²) in [4.78, 5) is 26.5. The predicted molar refractivity (Wildman–Crippen MR) is 115 cm³/mol. The Balaban J connectivity index is 1.86. The lowest BCUT2D eigenvalue weighted by Crippen LogP contribution is -2.43. The number of benzene rings is 2. The molecule has 158 valence electrons. The summed E-state index contributed by atoms with van der Waals surface area (Å²) in [6.07, 6.45) is 1.22. The van der Waals surface area contributed by atoms with Crippen LogP contribution >= 0.6 is 0 Å². The van der Waals surface area contributed by atoms with Crippen molar-refractivity contribution < 1.29 is 14.0 Å². The molecular formula is C23H27FN4O2. The lowest BCUT2D eigenvalue weighted by Gasteiger charge is -2.25. The monoisotopic (exact) mass is 410 g/mol. The lowest BCUT2D eigenvalue weighted by molar-refractivity contribution is -0.133. The van der Waals surface area contributed by atoms with Crippen LogP contribution in [-0.2, 0) is 4.79 Å². The number of aryl methyl sites for hydroxylation is 1. The molecule has 0 spiro atoms. The summed E-state index contributed by atoms with van der Waals surface area (Å²) in [5.74, 6) is -0.690. The molecule has 0 radical (unpaired) electrons. The van der Waals surface area contributed by atoms with Gasteiger partial charge in [-0.1, -0.05) is 55.0 Å². The zero-order valence-electron chi connectivity index (χ0n) is 17.6. The van der Waals surface area contributed by atoms with Crippen molar-refractivity contribution in [2.24, 2.45) is 5.10 Å². The SMILES string of the molecule is CCCNC(=O)N(C)CC(=O)N1N=C(c2ccccc2F)C[C@@H]1c1ccc(C)cc1. The minimum absolute atomic E-state index is 0.119. The number of hydrazone groups is 1. The van der Waals surface area contributed by atoms with E-state index in [2.05, 4.69) is 10.4 Å². The van der Waals surface area contributed by atoms with Gasteiger partial charge in [0.15, 0.2) is 0 Å². The molecule has 3 amide bonds. The van der Waals surface area contributed by atoms with Crippen LogP contribution in [0.5, 0.6) is 0 Å². The van der Waals surface area contributed by atoms with E-state index in [1.807, 2.05) is 38.1 Å². The molecule has 30 heavy (non-hydrogen) atoms. The number of carbonyl (C=O) groups is 2. The van der Waals surface area contributed by atoms with Crippen LogP contribution in [0.4, 0.5) is 9.18 Å². The Labute approximate surface area is 176 Å². The minimum Gasteiger partial charge on any atom is -0.338 e. The predicted octanol–water partition coefficient (Wildman–Crippen LogP) is 3.86. The Bertz CT molecular complexity index is 942. The lowest BCUT2D eigenvalue weighted by atomic mass is 9.97. The zero-order valence-corrected chi connectivity index (χ0v) is 17.6. The van der Waals surface area contributed by atoms with E-state index in [1.165, 1.54) is 16.0 Å². The van der Waals surface area contributed by atoms with Crippen LogP contribution in [-0.4, -0.2) is 47.7 Å². The second kappa shape index (κ2) is 9.52. The average molecular weight is 410 g/mol. The number of hydrogen-bond acceptors (Lipinski definition) is 3. The quantitative estimate of drug-likeness (QED) is 0.786. The van der Waals surface area contributed by atoms with Gasteiger partial charge in [0.2, 0.25) is 0 Å². The van der Waals surface area contributed by atoms with E-state index in [4.69, 9.17) is 0 Å². The van der Waals surface area contributed by atoms with E-state index in [0.717, 1.165) is 17.5 Å². The van der Waals surface area contributed by atoms with Crippen molar-refractivity contribution >= 4 is 17.6 Å². The third-order valence-corrected chi connectivity index (χ3v) is 5.06. The molecule has 2 aromatic rings. The van der Waals surface area contributed by atoms with Crippen molar-refractivity contribution in [2.45, 2.75) is 32.7 Å². The maximum absolute atomic E-state index is 14.3. The highest BCUT2D eigenvalue weighted by Crippen LogP contribution is 2.33. The summed E-state index contributed by atoms with van der Waals surface area (Å²) >= 11 is 0. The minimum atomic E-state index is -0.371. The summed E-state index contributed by atoms with van der Waals surface area (Å²) < 4.78 is 14.3. The number of hydrogen-bond donors (Lipinski definition) is 1. The van der Waals surface area contributed by atoms with Crippen molar-refractivity contribution in [2.75, 3.05) is 20.1 Å². The van der Waals surface area contributed by atoms with Crippen LogP contribution in [0.2, 0.25) is 0 Å². The maximum atomic E-state index is 14.3. The fourth-order valence-corrected chi connectivity index (χ4v) is 3.36. The molecule has 1 heterocycles. The number of rotatable bonds is 6. The Morgan fingerprint density at radius 3 is 2.57 bits per heavy atom. The van der Waals surface area contributed by atoms with Gasteiger partial charge in [-0.2, -0.15) is 5.10 Å². The maximum Gasteiger partial charge on any atom is 0.317 e. The first-order valence-electron chi connectivity index (χ1n) is 10.1. The Morgan fingerprint density at radius 1 is 1.20 bits per heavy atom. The molecule has 0 unspecified atom stereocenters. The Kier molecular flexibility index (Phi) is 6.82. The third-order valence-electron chi connectivity index (χ3n) is 5.06. The van der Waals surface area contributed by atoms with Crippen molar-refractivity contribution in [3.8, 4) is 0 Å². The largest absolute Gasteiger partial charge is 0.338 e. The summed E-state index contributed by atoms with van der Waals surface area (Å²) in [6, 6.07) is 13.6. The normalized spacial score (nSPS) is 15.7. The molecule has 1 aliphatic rings. The molecule has 0 saturated carbocycles. The summed E-state index contributed by atoms with van der Waals surface area (Å²) in [7, 11) is 1.57. The fourth-order valence-electron chi connectivity index (χ4n) is 3.36. The van der Waals surface area contributed by atoms with Gasteiger partial charge >= 0.3 is 6.03 Å². The van der Waals surface area contributed by atoms with Gasteiger partial charge in [-0.25, -0.2) is 14.2 Å². The third kappa shape index (κ3) is 4.84. The van der Waals surface area contributed by atoms with Crippen molar-refractivity contribution in [3.05, 3.63) is 71.0 Å². The van der Waals surface area contributed by atoms with Gasteiger partial charge in [0.1, 0.15) is 12.4 Å². The molecule has 6 nitrogen and oxygen atoms in total. The molecule has 3 rings (SSSR count). The number of amides is 3. The highest BCUT2D eigenvalue weighted by molar-refractivity contribution is 6.03. The molecule has 0 aliphatic carbocycles. The van der Waals surface area contributed by atoms with Gasteiger partial charge in [-0.05, 0) is 25.0 Å². The second-order valence-corrected chi connectivity index (χ2v) is 7.48. The van der Waals surface area contributed by atoms with Gasteiger partial charge in [0.25, 0.3) is 5.91 Å². The first kappa shape index (κ1) is 21.5. The zero-order chi connectivity index (χ0) is 21.7. The Morgan fingerprint density at radius 2 is 1.90 bits per heavy atom. The molecule has 1 N–H and O–H groups in total. The van der Waals surface area contributed by atoms with Crippen molar-refractivity contribution in [1.82, 2.24) is 15.2 Å². The first-order valence-corrected chi connectivity index (χ1v) is 10.1. The topological polar surface area (TPSA) is 65.0 Å². The van der Waals surface area contributed by atoms with Gasteiger partial charge < -0.3 is 10.2 Å². The summed E-state index contributed by atoms with van der Waals surface area (Å²) in [5, 5.41) is 8.61. The van der Waals surface area contributed by atoms with E-state index in [9.17, 15) is 14.0 Å². The number of urea groups is 1. The van der Waals surface area contributed by atoms with Crippen molar-refractivity contribution in [1.29, 1.82) is 0 Å². The van der Waals surface area contributed by atoms with Crippen LogP contribution in [0.1, 0.15) is 42.5 Å². The summed E-state index contributed by atoms with van der Waals surface area (Å²) in [6.45, 7) is 4.38. The van der Waals surface area contributed by atoms with E-state index >= 15 is 0 Å². The van der Waals surface area contributed by atoms with Gasteiger partial charge in [-0.15, -0.1) is 0 Å². The number of halogens is 1. The van der Waals surface area contributed by atoms with Crippen molar-refractivity contribution in [3.63, 3.8) is 0 Å². The molecule has 0 bridgehead atoms. The number of likely N-dealkylation sites (N-methyl/N-ethyl adjacent to an activating group) is 1. The molecule has 1 aliphatic heterocycles. The van der Waals surface area contributed by atoms with Gasteiger partial charge in [-0.3, -0.25) is 4.79 Å². The smallest absolute Gasteiger partial charge is 0.317 e. The van der Waals surface area contributed by atoms with E-state index < -0.39 is 0 Å².